The van der Waals surface area contributed by atoms with Crippen LogP contribution in [-0.2, 0) is 22.3 Å². The number of hydrogen-bond donors (Lipinski definition) is 0. The van der Waals surface area contributed by atoms with Gasteiger partial charge in [-0.1, -0.05) is 30.3 Å². The zero-order valence-corrected chi connectivity index (χ0v) is 19.2. The zero-order valence-electron chi connectivity index (χ0n) is 16.8. The van der Waals surface area contributed by atoms with Gasteiger partial charge in [-0.15, -0.1) is 23.1 Å². The molecule has 0 amide bonds. The van der Waals surface area contributed by atoms with Crippen molar-refractivity contribution in [2.75, 3.05) is 26.2 Å². The summed E-state index contributed by atoms with van der Waals surface area (Å²) in [6.07, 6.45) is 1.47. The standard InChI is InChI=1S/C21H24N4O2S3/c1-17-23-19(15-28-17)16-29-21-8-7-20(13-22-21)30(26,27)25-11-9-24(10-12-25)14-18-5-3-2-4-6-18/h2-8,13,15H,9-12,14,16H2,1H3. The summed E-state index contributed by atoms with van der Waals surface area (Å²) in [4.78, 5) is 11.3. The first-order chi connectivity index (χ1) is 14.5. The van der Waals surface area contributed by atoms with Crippen LogP contribution in [0.4, 0.5) is 0 Å². The summed E-state index contributed by atoms with van der Waals surface area (Å²) in [7, 11) is -3.51. The van der Waals surface area contributed by atoms with E-state index in [4.69, 9.17) is 0 Å². The molecule has 1 aliphatic rings. The molecule has 30 heavy (non-hydrogen) atoms. The van der Waals surface area contributed by atoms with Crippen molar-refractivity contribution in [3.63, 3.8) is 0 Å². The van der Waals surface area contributed by atoms with E-state index in [1.165, 1.54) is 11.8 Å². The van der Waals surface area contributed by atoms with Gasteiger partial charge in [0.15, 0.2) is 0 Å². The number of aryl methyl sites for hydroxylation is 1. The van der Waals surface area contributed by atoms with Crippen LogP contribution < -0.4 is 0 Å². The molecule has 9 heteroatoms. The number of sulfonamides is 1. The minimum absolute atomic E-state index is 0.257. The van der Waals surface area contributed by atoms with Crippen molar-refractivity contribution in [2.45, 2.75) is 29.1 Å². The van der Waals surface area contributed by atoms with Gasteiger partial charge in [-0.2, -0.15) is 4.31 Å². The Labute approximate surface area is 186 Å². The lowest BCUT2D eigenvalue weighted by Crippen LogP contribution is -2.48. The maximum atomic E-state index is 13.0. The summed E-state index contributed by atoms with van der Waals surface area (Å²) in [6, 6.07) is 13.7. The van der Waals surface area contributed by atoms with Crippen LogP contribution in [0, 0.1) is 6.92 Å². The van der Waals surface area contributed by atoms with Crippen molar-refractivity contribution < 1.29 is 8.42 Å². The molecule has 1 aromatic carbocycles. The smallest absolute Gasteiger partial charge is 0.244 e. The van der Waals surface area contributed by atoms with E-state index < -0.39 is 10.0 Å². The maximum Gasteiger partial charge on any atom is 0.244 e. The molecule has 158 valence electrons. The van der Waals surface area contributed by atoms with Gasteiger partial charge in [0.25, 0.3) is 0 Å². The highest BCUT2D eigenvalue weighted by molar-refractivity contribution is 7.98. The van der Waals surface area contributed by atoms with E-state index in [0.717, 1.165) is 41.1 Å². The van der Waals surface area contributed by atoms with Crippen molar-refractivity contribution in [3.05, 3.63) is 70.3 Å². The van der Waals surface area contributed by atoms with Crippen LogP contribution in [0.15, 0.2) is 64.0 Å². The van der Waals surface area contributed by atoms with Gasteiger partial charge in [0.2, 0.25) is 10.0 Å². The molecule has 0 aliphatic carbocycles. The molecule has 1 saturated heterocycles. The van der Waals surface area contributed by atoms with Gasteiger partial charge < -0.3 is 0 Å². The van der Waals surface area contributed by atoms with Crippen LogP contribution in [0.5, 0.6) is 0 Å². The number of thioether (sulfide) groups is 1. The largest absolute Gasteiger partial charge is 0.296 e. The fourth-order valence-electron chi connectivity index (χ4n) is 3.35. The van der Waals surface area contributed by atoms with Crippen LogP contribution >= 0.6 is 23.1 Å². The van der Waals surface area contributed by atoms with Crippen LogP contribution in [-0.4, -0.2) is 53.8 Å². The summed E-state index contributed by atoms with van der Waals surface area (Å²) in [5.41, 5.74) is 2.27. The second-order valence-corrected chi connectivity index (χ2v) is 11.1. The lowest BCUT2D eigenvalue weighted by atomic mass is 10.2. The SMILES string of the molecule is Cc1nc(CSc2ccc(S(=O)(=O)N3CCN(Cc4ccccc4)CC3)cn2)cs1. The fourth-order valence-corrected chi connectivity index (χ4v) is 6.17. The van der Waals surface area contributed by atoms with Crippen LogP contribution in [0.1, 0.15) is 16.3 Å². The van der Waals surface area contributed by atoms with Crippen molar-refractivity contribution in [3.8, 4) is 0 Å². The Morgan fingerprint density at radius 3 is 2.47 bits per heavy atom. The zero-order chi connectivity index (χ0) is 21.0. The number of piperazine rings is 1. The molecule has 1 fully saturated rings. The third kappa shape index (κ3) is 5.28. The predicted octanol–water partition coefficient (Wildman–Crippen LogP) is 3.65. The van der Waals surface area contributed by atoms with Gasteiger partial charge >= 0.3 is 0 Å². The monoisotopic (exact) mass is 460 g/mol. The topological polar surface area (TPSA) is 66.4 Å². The molecule has 0 radical (unpaired) electrons. The van der Waals surface area contributed by atoms with Gasteiger partial charge in [-0.3, -0.25) is 4.90 Å². The van der Waals surface area contributed by atoms with E-state index in [9.17, 15) is 8.42 Å². The lowest BCUT2D eigenvalue weighted by molar-refractivity contribution is 0.181. The summed E-state index contributed by atoms with van der Waals surface area (Å²) >= 11 is 3.19. The molecule has 0 N–H and O–H groups in total. The average Bonchev–Trinajstić information content (AvgIpc) is 3.19. The van der Waals surface area contributed by atoms with Crippen LogP contribution in [0.3, 0.4) is 0 Å². The van der Waals surface area contributed by atoms with E-state index >= 15 is 0 Å². The molecule has 3 heterocycles. The highest BCUT2D eigenvalue weighted by atomic mass is 32.2. The first-order valence-corrected chi connectivity index (χ1v) is 13.1. The molecule has 0 atom stereocenters. The van der Waals surface area contributed by atoms with Gasteiger partial charge in [0, 0.05) is 50.1 Å². The first kappa shape index (κ1) is 21.5. The van der Waals surface area contributed by atoms with E-state index in [-0.39, 0.29) is 4.90 Å². The normalized spacial score (nSPS) is 16.0. The Hall–Kier alpha value is -1.78. The number of benzene rings is 1. The van der Waals surface area contributed by atoms with Crippen LogP contribution in [0.2, 0.25) is 0 Å². The molecule has 3 aromatic rings. The van der Waals surface area contributed by atoms with Crippen molar-refractivity contribution >= 4 is 33.1 Å². The molecule has 6 nitrogen and oxygen atoms in total. The summed E-state index contributed by atoms with van der Waals surface area (Å²) < 4.78 is 27.6. The summed E-state index contributed by atoms with van der Waals surface area (Å²) in [6.45, 7) is 5.27. The molecule has 0 bridgehead atoms. The Bertz CT molecular complexity index is 1060. The number of hydrogen-bond acceptors (Lipinski definition) is 7. The number of nitrogens with zero attached hydrogens (tertiary/aromatic N) is 4. The lowest BCUT2D eigenvalue weighted by Gasteiger charge is -2.33. The molecular formula is C21H24N4O2S3. The maximum absolute atomic E-state index is 13.0. The molecule has 4 rings (SSSR count). The highest BCUT2D eigenvalue weighted by Gasteiger charge is 2.28. The highest BCUT2D eigenvalue weighted by Crippen LogP contribution is 2.24. The molecule has 2 aromatic heterocycles. The Morgan fingerprint density at radius 1 is 1.07 bits per heavy atom. The van der Waals surface area contributed by atoms with E-state index in [1.54, 1.807) is 39.5 Å². The van der Waals surface area contributed by atoms with Crippen molar-refractivity contribution in [1.82, 2.24) is 19.2 Å². The third-order valence-corrected chi connectivity index (χ3v) is 8.64. The minimum atomic E-state index is -3.51. The van der Waals surface area contributed by atoms with Gasteiger partial charge in [0.1, 0.15) is 4.90 Å². The van der Waals surface area contributed by atoms with E-state index in [1.807, 2.05) is 30.5 Å². The Balaban J connectivity index is 1.33. The van der Waals surface area contributed by atoms with E-state index in [2.05, 4.69) is 27.0 Å². The average molecular weight is 461 g/mol. The van der Waals surface area contributed by atoms with Gasteiger partial charge in [-0.25, -0.2) is 18.4 Å². The Morgan fingerprint density at radius 2 is 1.83 bits per heavy atom. The molecular weight excluding hydrogens is 436 g/mol. The number of thiazole rings is 1. The van der Waals surface area contributed by atoms with Crippen LogP contribution in [0.25, 0.3) is 0 Å². The summed E-state index contributed by atoms with van der Waals surface area (Å²) in [5, 5.41) is 3.88. The second kappa shape index (κ2) is 9.57. The molecule has 0 spiro atoms. The second-order valence-electron chi connectivity index (χ2n) is 7.14. The fraction of sp³-hybridized carbons (Fsp3) is 0.333. The Kier molecular flexibility index (Phi) is 6.84. The first-order valence-electron chi connectivity index (χ1n) is 9.77. The molecule has 0 saturated carbocycles. The number of aromatic nitrogens is 2. The summed E-state index contributed by atoms with van der Waals surface area (Å²) in [5.74, 6) is 0.729. The van der Waals surface area contributed by atoms with Crippen molar-refractivity contribution in [2.24, 2.45) is 0 Å². The minimum Gasteiger partial charge on any atom is -0.296 e. The third-order valence-electron chi connectivity index (χ3n) is 4.96. The quantitative estimate of drug-likeness (QED) is 0.502. The molecule has 0 unspecified atom stereocenters. The van der Waals surface area contributed by atoms with Crippen molar-refractivity contribution in [1.29, 1.82) is 0 Å². The van der Waals surface area contributed by atoms with Gasteiger partial charge in [0.05, 0.1) is 15.7 Å². The predicted molar refractivity (Wildman–Crippen MR) is 121 cm³/mol. The van der Waals surface area contributed by atoms with E-state index in [0.29, 0.717) is 13.1 Å². The number of rotatable bonds is 7. The van der Waals surface area contributed by atoms with Gasteiger partial charge in [-0.05, 0) is 24.6 Å². The molecule has 1 aliphatic heterocycles. The number of pyridine rings is 1.